The summed E-state index contributed by atoms with van der Waals surface area (Å²) in [7, 11) is 0. The number of carbonyl (C=O) groups excluding carboxylic acids is 1. The average molecular weight is 249 g/mol. The fraction of sp³-hybridized carbons (Fsp3) is 0.500. The zero-order chi connectivity index (χ0) is 13.7. The van der Waals surface area contributed by atoms with Crippen LogP contribution < -0.4 is 16.4 Å². The maximum Gasteiger partial charge on any atom is 0.251 e. The summed E-state index contributed by atoms with van der Waals surface area (Å²) in [5.41, 5.74) is 8.03. The molecule has 1 amide bonds. The molecule has 18 heavy (non-hydrogen) atoms. The maximum absolute atomic E-state index is 11.8. The lowest BCUT2D eigenvalue weighted by Crippen LogP contribution is -2.30. The molecule has 0 aliphatic heterocycles. The van der Waals surface area contributed by atoms with Crippen molar-refractivity contribution in [1.82, 2.24) is 5.32 Å². The maximum atomic E-state index is 11.8. The molecule has 0 radical (unpaired) electrons. The third-order valence-electron chi connectivity index (χ3n) is 2.75. The fourth-order valence-electron chi connectivity index (χ4n) is 1.55. The van der Waals surface area contributed by atoms with E-state index >= 15 is 0 Å². The van der Waals surface area contributed by atoms with E-state index in [-0.39, 0.29) is 11.9 Å². The lowest BCUT2D eigenvalue weighted by atomic mass is 10.1. The number of nitrogen functional groups attached to an aromatic ring is 1. The average Bonchev–Trinajstić information content (AvgIpc) is 2.30. The van der Waals surface area contributed by atoms with Crippen LogP contribution in [-0.2, 0) is 0 Å². The molecule has 0 aliphatic carbocycles. The van der Waals surface area contributed by atoms with Crippen LogP contribution in [-0.4, -0.2) is 18.0 Å². The van der Waals surface area contributed by atoms with E-state index in [0.29, 0.717) is 17.3 Å². The van der Waals surface area contributed by atoms with Crippen LogP contribution in [0.15, 0.2) is 18.2 Å². The SMILES string of the molecule is CCC(C)Nc1ccc(C(=O)NC(C)C)cc1N. The number of hydrogen-bond acceptors (Lipinski definition) is 3. The number of benzene rings is 1. The smallest absolute Gasteiger partial charge is 0.251 e. The number of amides is 1. The molecular weight excluding hydrogens is 226 g/mol. The van der Waals surface area contributed by atoms with E-state index in [1.807, 2.05) is 19.9 Å². The molecule has 100 valence electrons. The van der Waals surface area contributed by atoms with Gasteiger partial charge in [0.15, 0.2) is 0 Å². The Bertz CT molecular complexity index is 416. The summed E-state index contributed by atoms with van der Waals surface area (Å²) in [4.78, 5) is 11.8. The topological polar surface area (TPSA) is 67.2 Å². The van der Waals surface area contributed by atoms with E-state index in [4.69, 9.17) is 5.73 Å². The normalized spacial score (nSPS) is 12.3. The summed E-state index contributed by atoms with van der Waals surface area (Å²) in [5, 5.41) is 6.15. The van der Waals surface area contributed by atoms with Crippen LogP contribution in [0.2, 0.25) is 0 Å². The van der Waals surface area contributed by atoms with Gasteiger partial charge in [0.05, 0.1) is 11.4 Å². The van der Waals surface area contributed by atoms with E-state index in [1.54, 1.807) is 12.1 Å². The summed E-state index contributed by atoms with van der Waals surface area (Å²) in [5.74, 6) is -0.0909. The summed E-state index contributed by atoms with van der Waals surface area (Å²) in [6.07, 6.45) is 1.02. The quantitative estimate of drug-likeness (QED) is 0.703. The van der Waals surface area contributed by atoms with E-state index in [1.165, 1.54) is 0 Å². The van der Waals surface area contributed by atoms with Crippen molar-refractivity contribution in [3.63, 3.8) is 0 Å². The Balaban J connectivity index is 2.82. The molecule has 1 unspecified atom stereocenters. The lowest BCUT2D eigenvalue weighted by molar-refractivity contribution is 0.0943. The van der Waals surface area contributed by atoms with Crippen molar-refractivity contribution in [3.8, 4) is 0 Å². The van der Waals surface area contributed by atoms with Crippen LogP contribution in [0.3, 0.4) is 0 Å². The number of nitrogens with two attached hydrogens (primary N) is 1. The first-order chi connectivity index (χ1) is 8.43. The molecule has 0 heterocycles. The van der Waals surface area contributed by atoms with Crippen molar-refractivity contribution in [2.24, 2.45) is 0 Å². The Morgan fingerprint density at radius 1 is 1.33 bits per heavy atom. The molecule has 0 saturated heterocycles. The first-order valence-corrected chi connectivity index (χ1v) is 6.41. The second kappa shape index (κ2) is 6.28. The summed E-state index contributed by atoms with van der Waals surface area (Å²) >= 11 is 0. The Kier molecular flexibility index (Phi) is 5.01. The van der Waals surface area contributed by atoms with Crippen molar-refractivity contribution in [2.45, 2.75) is 46.2 Å². The lowest BCUT2D eigenvalue weighted by Gasteiger charge is -2.16. The minimum atomic E-state index is -0.0909. The standard InChI is InChI=1S/C14H23N3O/c1-5-10(4)17-13-7-6-11(8-12(13)15)14(18)16-9(2)3/h6-10,17H,5,15H2,1-4H3,(H,16,18). The van der Waals surface area contributed by atoms with Crippen LogP contribution >= 0.6 is 0 Å². The van der Waals surface area contributed by atoms with Gasteiger partial charge >= 0.3 is 0 Å². The summed E-state index contributed by atoms with van der Waals surface area (Å²) in [6, 6.07) is 5.84. The summed E-state index contributed by atoms with van der Waals surface area (Å²) in [6.45, 7) is 8.07. The molecule has 0 spiro atoms. The predicted octanol–water partition coefficient (Wildman–Crippen LogP) is 2.62. The van der Waals surface area contributed by atoms with Gasteiger partial charge in [0.1, 0.15) is 0 Å². The van der Waals surface area contributed by atoms with Crippen LogP contribution in [0.5, 0.6) is 0 Å². The Morgan fingerprint density at radius 3 is 2.50 bits per heavy atom. The largest absolute Gasteiger partial charge is 0.397 e. The van der Waals surface area contributed by atoms with Crippen LogP contribution in [0.25, 0.3) is 0 Å². The monoisotopic (exact) mass is 249 g/mol. The molecule has 1 aromatic carbocycles. The van der Waals surface area contributed by atoms with Gasteiger partial charge in [-0.25, -0.2) is 0 Å². The first-order valence-electron chi connectivity index (χ1n) is 6.41. The predicted molar refractivity (Wildman–Crippen MR) is 76.8 cm³/mol. The first kappa shape index (κ1) is 14.4. The third-order valence-corrected chi connectivity index (χ3v) is 2.75. The zero-order valence-electron chi connectivity index (χ0n) is 11.6. The molecule has 1 aromatic rings. The van der Waals surface area contributed by atoms with Crippen LogP contribution in [0, 0.1) is 0 Å². The highest BCUT2D eigenvalue weighted by Crippen LogP contribution is 2.21. The number of rotatable bonds is 5. The molecule has 0 fully saturated rings. The zero-order valence-corrected chi connectivity index (χ0v) is 11.6. The number of hydrogen-bond donors (Lipinski definition) is 3. The van der Waals surface area contributed by atoms with Crippen molar-refractivity contribution < 1.29 is 4.79 Å². The van der Waals surface area contributed by atoms with E-state index in [2.05, 4.69) is 24.5 Å². The van der Waals surface area contributed by atoms with Gasteiger partial charge in [-0.15, -0.1) is 0 Å². The van der Waals surface area contributed by atoms with Crippen LogP contribution in [0.1, 0.15) is 44.5 Å². The molecule has 0 bridgehead atoms. The van der Waals surface area contributed by atoms with E-state index < -0.39 is 0 Å². The van der Waals surface area contributed by atoms with Crippen molar-refractivity contribution in [2.75, 3.05) is 11.1 Å². The van der Waals surface area contributed by atoms with Crippen molar-refractivity contribution in [1.29, 1.82) is 0 Å². The van der Waals surface area contributed by atoms with Crippen molar-refractivity contribution in [3.05, 3.63) is 23.8 Å². The van der Waals surface area contributed by atoms with Gasteiger partial charge < -0.3 is 16.4 Å². The molecule has 1 rings (SSSR count). The highest BCUT2D eigenvalue weighted by Gasteiger charge is 2.09. The van der Waals surface area contributed by atoms with E-state index in [9.17, 15) is 4.79 Å². The molecule has 4 heteroatoms. The summed E-state index contributed by atoms with van der Waals surface area (Å²) < 4.78 is 0. The van der Waals surface area contributed by atoms with E-state index in [0.717, 1.165) is 12.1 Å². The van der Waals surface area contributed by atoms with Gasteiger partial charge in [-0.2, -0.15) is 0 Å². The Morgan fingerprint density at radius 2 is 2.00 bits per heavy atom. The number of anilines is 2. The molecule has 4 nitrogen and oxygen atoms in total. The van der Waals surface area contributed by atoms with Crippen LogP contribution in [0.4, 0.5) is 11.4 Å². The van der Waals surface area contributed by atoms with Gasteiger partial charge in [-0.3, -0.25) is 4.79 Å². The molecule has 4 N–H and O–H groups in total. The molecule has 0 aliphatic rings. The van der Waals surface area contributed by atoms with Gasteiger partial charge in [-0.05, 0) is 45.4 Å². The third kappa shape index (κ3) is 3.95. The Labute approximate surface area is 109 Å². The molecule has 0 saturated carbocycles. The molecular formula is C14H23N3O. The van der Waals surface area contributed by atoms with Gasteiger partial charge in [-0.1, -0.05) is 6.92 Å². The number of nitrogens with one attached hydrogen (secondary N) is 2. The highest BCUT2D eigenvalue weighted by molar-refractivity contribution is 5.96. The van der Waals surface area contributed by atoms with Gasteiger partial charge in [0, 0.05) is 17.6 Å². The minimum Gasteiger partial charge on any atom is -0.397 e. The Hall–Kier alpha value is -1.71. The van der Waals surface area contributed by atoms with Gasteiger partial charge in [0.25, 0.3) is 5.91 Å². The van der Waals surface area contributed by atoms with Gasteiger partial charge in [0.2, 0.25) is 0 Å². The second-order valence-corrected chi connectivity index (χ2v) is 4.88. The number of carbonyl (C=O) groups is 1. The minimum absolute atomic E-state index is 0.0909. The van der Waals surface area contributed by atoms with Crippen molar-refractivity contribution >= 4 is 17.3 Å². The molecule has 1 atom stereocenters. The second-order valence-electron chi connectivity index (χ2n) is 4.88. The molecule has 0 aromatic heterocycles. The highest BCUT2D eigenvalue weighted by atomic mass is 16.1. The fourth-order valence-corrected chi connectivity index (χ4v) is 1.55.